The molecule has 6 heteroatoms. The molecule has 0 fully saturated rings. The van der Waals surface area contributed by atoms with Crippen LogP contribution in [0.4, 0.5) is 0 Å². The molecule has 0 rings (SSSR count). The topological polar surface area (TPSA) is 72.8 Å². The SMILES string of the molecule is CC=CC(=O)OCCC(C)OS(=O)O. The van der Waals surface area contributed by atoms with Crippen LogP contribution in [0.2, 0.25) is 0 Å². The summed E-state index contributed by atoms with van der Waals surface area (Å²) in [7, 11) is 0. The van der Waals surface area contributed by atoms with Crippen LogP contribution in [0.5, 0.6) is 0 Å². The van der Waals surface area contributed by atoms with Crippen molar-refractivity contribution in [3.05, 3.63) is 12.2 Å². The first-order valence-corrected chi connectivity index (χ1v) is 5.17. The van der Waals surface area contributed by atoms with Crippen molar-refractivity contribution in [2.45, 2.75) is 26.4 Å². The molecule has 0 aliphatic heterocycles. The zero-order chi connectivity index (χ0) is 11.0. The van der Waals surface area contributed by atoms with Crippen LogP contribution in [0.3, 0.4) is 0 Å². The second-order valence-corrected chi connectivity index (χ2v) is 3.21. The molecule has 0 aliphatic carbocycles. The van der Waals surface area contributed by atoms with Gasteiger partial charge in [0.05, 0.1) is 12.7 Å². The van der Waals surface area contributed by atoms with Gasteiger partial charge in [-0.3, -0.25) is 8.74 Å². The Hall–Kier alpha value is -0.720. The third kappa shape index (κ3) is 7.90. The molecule has 1 N–H and O–H groups in total. The van der Waals surface area contributed by atoms with Crippen LogP contribution >= 0.6 is 0 Å². The highest BCUT2D eigenvalue weighted by molar-refractivity contribution is 7.74. The normalized spacial score (nSPS) is 15.4. The minimum Gasteiger partial charge on any atom is -0.462 e. The van der Waals surface area contributed by atoms with Crippen molar-refractivity contribution < 1.29 is 22.5 Å². The fraction of sp³-hybridized carbons (Fsp3) is 0.625. The number of allylic oxidation sites excluding steroid dienone is 1. The summed E-state index contributed by atoms with van der Waals surface area (Å²) in [5.74, 6) is -0.426. The van der Waals surface area contributed by atoms with Crippen molar-refractivity contribution >= 4 is 17.3 Å². The molecule has 0 bridgehead atoms. The van der Waals surface area contributed by atoms with Crippen molar-refractivity contribution in [3.63, 3.8) is 0 Å². The molecule has 82 valence electrons. The third-order valence-corrected chi connectivity index (χ3v) is 1.81. The van der Waals surface area contributed by atoms with E-state index in [9.17, 15) is 9.00 Å². The molecule has 0 aliphatic rings. The second-order valence-electron chi connectivity index (χ2n) is 2.58. The Balaban J connectivity index is 3.53. The first-order chi connectivity index (χ1) is 6.56. The Morgan fingerprint density at radius 1 is 1.64 bits per heavy atom. The van der Waals surface area contributed by atoms with Crippen molar-refractivity contribution in [3.8, 4) is 0 Å². The van der Waals surface area contributed by atoms with Gasteiger partial charge in [0.15, 0.2) is 0 Å². The van der Waals surface area contributed by atoms with Crippen LogP contribution in [0.1, 0.15) is 20.3 Å². The number of carbonyl (C=O) groups is 1. The molecule has 0 spiro atoms. The van der Waals surface area contributed by atoms with Gasteiger partial charge >= 0.3 is 17.3 Å². The van der Waals surface area contributed by atoms with Crippen LogP contribution in [-0.4, -0.2) is 27.4 Å². The van der Waals surface area contributed by atoms with Gasteiger partial charge in [-0.1, -0.05) is 6.08 Å². The molecule has 0 aromatic heterocycles. The van der Waals surface area contributed by atoms with Crippen LogP contribution in [0.25, 0.3) is 0 Å². The highest BCUT2D eigenvalue weighted by Gasteiger charge is 2.06. The van der Waals surface area contributed by atoms with E-state index in [4.69, 9.17) is 9.29 Å². The van der Waals surface area contributed by atoms with Gasteiger partial charge < -0.3 is 4.74 Å². The van der Waals surface area contributed by atoms with Gasteiger partial charge in [-0.15, -0.1) is 0 Å². The molecule has 2 unspecified atom stereocenters. The van der Waals surface area contributed by atoms with E-state index in [2.05, 4.69) is 4.18 Å². The molecule has 0 aromatic rings. The minimum atomic E-state index is -2.27. The highest BCUT2D eigenvalue weighted by atomic mass is 32.2. The van der Waals surface area contributed by atoms with Crippen molar-refractivity contribution in [2.24, 2.45) is 0 Å². The molecular formula is C8H14O5S. The van der Waals surface area contributed by atoms with Gasteiger partial charge in [-0.25, -0.2) is 4.79 Å². The maximum Gasteiger partial charge on any atom is 0.330 e. The largest absolute Gasteiger partial charge is 0.462 e. The van der Waals surface area contributed by atoms with E-state index >= 15 is 0 Å². The molecule has 0 heterocycles. The summed E-state index contributed by atoms with van der Waals surface area (Å²) < 4.78 is 27.8. The fourth-order valence-corrected chi connectivity index (χ4v) is 1.08. The maximum atomic E-state index is 10.8. The van der Waals surface area contributed by atoms with E-state index in [0.29, 0.717) is 6.42 Å². The predicted octanol–water partition coefficient (Wildman–Crippen LogP) is 1.04. The standard InChI is InChI=1S/C8H14O5S/c1-3-4-8(9)12-6-5-7(2)13-14(10)11/h3-4,7H,5-6H2,1-2H3,(H,10,11). The number of hydrogen-bond donors (Lipinski definition) is 1. The molecular weight excluding hydrogens is 208 g/mol. The van der Waals surface area contributed by atoms with Gasteiger partial charge in [0.2, 0.25) is 0 Å². The number of carbonyl (C=O) groups excluding carboxylic acids is 1. The zero-order valence-corrected chi connectivity index (χ0v) is 8.95. The molecule has 0 amide bonds. The van der Waals surface area contributed by atoms with Crippen LogP contribution in [0.15, 0.2) is 12.2 Å². The molecule has 0 aromatic carbocycles. The summed E-state index contributed by atoms with van der Waals surface area (Å²) >= 11 is -2.27. The maximum absolute atomic E-state index is 10.8. The molecule has 5 nitrogen and oxygen atoms in total. The van der Waals surface area contributed by atoms with E-state index in [0.717, 1.165) is 0 Å². The number of esters is 1. The number of hydrogen-bond acceptors (Lipinski definition) is 4. The molecule has 0 saturated heterocycles. The summed E-state index contributed by atoms with van der Waals surface area (Å²) in [5.41, 5.74) is 0. The Morgan fingerprint density at radius 2 is 2.29 bits per heavy atom. The minimum absolute atomic E-state index is 0.168. The van der Waals surface area contributed by atoms with Gasteiger partial charge in [-0.2, -0.15) is 4.21 Å². The van der Waals surface area contributed by atoms with Gasteiger partial charge in [0, 0.05) is 12.5 Å². The lowest BCUT2D eigenvalue weighted by atomic mass is 10.3. The third-order valence-electron chi connectivity index (χ3n) is 1.32. The summed E-state index contributed by atoms with van der Waals surface area (Å²) in [6.07, 6.45) is 2.84. The Labute approximate surface area is 85.6 Å². The molecule has 14 heavy (non-hydrogen) atoms. The summed E-state index contributed by atoms with van der Waals surface area (Å²) in [6, 6.07) is 0. The van der Waals surface area contributed by atoms with E-state index in [1.54, 1.807) is 19.9 Å². The van der Waals surface area contributed by atoms with Crippen LogP contribution in [0, 0.1) is 0 Å². The first-order valence-electron chi connectivity index (χ1n) is 4.13. The summed E-state index contributed by atoms with van der Waals surface area (Å²) in [5, 5.41) is 0. The number of ether oxygens (including phenoxy) is 1. The number of rotatable bonds is 6. The zero-order valence-electron chi connectivity index (χ0n) is 8.13. The fourth-order valence-electron chi connectivity index (χ4n) is 0.698. The van der Waals surface area contributed by atoms with Crippen molar-refractivity contribution in [2.75, 3.05) is 6.61 Å². The Bertz CT molecular complexity index is 226. The first kappa shape index (κ1) is 13.3. The van der Waals surface area contributed by atoms with Gasteiger partial charge in [0.1, 0.15) is 0 Å². The van der Waals surface area contributed by atoms with E-state index in [1.165, 1.54) is 6.08 Å². The smallest absolute Gasteiger partial charge is 0.330 e. The quantitative estimate of drug-likeness (QED) is 0.413. The van der Waals surface area contributed by atoms with Gasteiger partial charge in [0.25, 0.3) is 0 Å². The monoisotopic (exact) mass is 222 g/mol. The predicted molar refractivity (Wildman–Crippen MR) is 51.7 cm³/mol. The highest BCUT2D eigenvalue weighted by Crippen LogP contribution is 1.99. The van der Waals surface area contributed by atoms with E-state index in [-0.39, 0.29) is 6.61 Å². The average molecular weight is 222 g/mol. The average Bonchev–Trinajstić information content (AvgIpc) is 2.02. The van der Waals surface area contributed by atoms with Gasteiger partial charge in [-0.05, 0) is 13.8 Å². The Morgan fingerprint density at radius 3 is 2.79 bits per heavy atom. The van der Waals surface area contributed by atoms with E-state index in [1.807, 2.05) is 0 Å². The lowest BCUT2D eigenvalue weighted by molar-refractivity contribution is -0.138. The van der Waals surface area contributed by atoms with Crippen molar-refractivity contribution in [1.29, 1.82) is 0 Å². The molecule has 2 atom stereocenters. The lowest BCUT2D eigenvalue weighted by Crippen LogP contribution is -2.14. The summed E-state index contributed by atoms with van der Waals surface area (Å²) in [4.78, 5) is 10.8. The molecule has 0 radical (unpaired) electrons. The molecule has 0 saturated carbocycles. The van der Waals surface area contributed by atoms with E-state index < -0.39 is 23.4 Å². The second kappa shape index (κ2) is 7.66. The Kier molecular flexibility index (Phi) is 7.27. The van der Waals surface area contributed by atoms with Crippen LogP contribution < -0.4 is 0 Å². The van der Waals surface area contributed by atoms with Crippen molar-refractivity contribution in [1.82, 2.24) is 0 Å². The van der Waals surface area contributed by atoms with Crippen LogP contribution in [-0.2, 0) is 25.1 Å². The summed E-state index contributed by atoms with van der Waals surface area (Å²) in [6.45, 7) is 3.50. The lowest BCUT2D eigenvalue weighted by Gasteiger charge is -2.08.